The predicted molar refractivity (Wildman–Crippen MR) is 268 cm³/mol. The Morgan fingerprint density at radius 2 is 0.938 bits per heavy atom. The highest BCUT2D eigenvalue weighted by Crippen LogP contribution is 2.63. The normalized spacial score (nSPS) is 13.1. The molecule has 3 heteroatoms. The first kappa shape index (κ1) is 35.6. The molecule has 2 aliphatic rings. The quantitative estimate of drug-likeness (QED) is 0.172. The molecule has 14 rings (SSSR count). The van der Waals surface area contributed by atoms with Gasteiger partial charge in [0.15, 0.2) is 0 Å². The van der Waals surface area contributed by atoms with Gasteiger partial charge in [-0.25, -0.2) is 0 Å². The first-order chi connectivity index (χ1) is 31.7. The minimum atomic E-state index is -0.438. The van der Waals surface area contributed by atoms with Gasteiger partial charge in [-0.15, -0.1) is 11.3 Å². The fourth-order valence-electron chi connectivity index (χ4n) is 11.2. The van der Waals surface area contributed by atoms with E-state index in [1.807, 2.05) is 11.3 Å². The SMILES string of the molecule is c1ccc(-c2cccc3c2oc2ccc(-c4ccc(N(c5ccc6c(c5)C5(c7ccccc7-c7ccccc75)c5ccccc5-6)c5cccc6c5sc5ccccc56)cc4)cc23)cc1. The molecule has 64 heavy (non-hydrogen) atoms. The largest absolute Gasteiger partial charge is 0.455 e. The lowest BCUT2D eigenvalue weighted by atomic mass is 9.70. The van der Waals surface area contributed by atoms with E-state index in [1.165, 1.54) is 70.4 Å². The third-order valence-electron chi connectivity index (χ3n) is 13.9. The van der Waals surface area contributed by atoms with Crippen molar-refractivity contribution in [1.82, 2.24) is 0 Å². The number of benzene rings is 10. The smallest absolute Gasteiger partial charge is 0.143 e. The van der Waals surface area contributed by atoms with Crippen LogP contribution in [-0.4, -0.2) is 0 Å². The summed E-state index contributed by atoms with van der Waals surface area (Å²) in [5, 5.41) is 4.82. The van der Waals surface area contributed by atoms with E-state index in [0.29, 0.717) is 0 Å². The fourth-order valence-corrected chi connectivity index (χ4v) is 12.4. The average Bonchev–Trinajstić information content (AvgIpc) is 4.10. The molecule has 2 aromatic heterocycles. The number of hydrogen-bond donors (Lipinski definition) is 0. The van der Waals surface area contributed by atoms with Crippen molar-refractivity contribution in [2.24, 2.45) is 0 Å². The molecular weight excluding hydrogens is 795 g/mol. The van der Waals surface area contributed by atoms with E-state index in [2.05, 4.69) is 229 Å². The van der Waals surface area contributed by atoms with Crippen molar-refractivity contribution >= 4 is 70.5 Å². The molecular formula is C61H37NOS. The molecule has 0 aliphatic heterocycles. The second kappa shape index (κ2) is 13.5. The number of thiophene rings is 1. The summed E-state index contributed by atoms with van der Waals surface area (Å²) in [6.07, 6.45) is 0. The van der Waals surface area contributed by atoms with Crippen molar-refractivity contribution < 1.29 is 4.42 Å². The van der Waals surface area contributed by atoms with Gasteiger partial charge in [-0.1, -0.05) is 176 Å². The van der Waals surface area contributed by atoms with Gasteiger partial charge in [0.2, 0.25) is 0 Å². The Morgan fingerprint density at radius 3 is 1.69 bits per heavy atom. The molecule has 0 unspecified atom stereocenters. The van der Waals surface area contributed by atoms with Crippen molar-refractivity contribution in [2.75, 3.05) is 4.90 Å². The van der Waals surface area contributed by atoms with Crippen molar-refractivity contribution in [3.8, 4) is 44.5 Å². The van der Waals surface area contributed by atoms with Gasteiger partial charge < -0.3 is 9.32 Å². The third kappa shape index (κ3) is 4.90. The number of fused-ring (bicyclic) bond motifs is 16. The Kier molecular flexibility index (Phi) is 7.51. The molecule has 1 spiro atoms. The minimum Gasteiger partial charge on any atom is -0.455 e. The molecule has 2 heterocycles. The summed E-state index contributed by atoms with van der Waals surface area (Å²) < 4.78 is 9.12. The maximum atomic E-state index is 6.55. The van der Waals surface area contributed by atoms with Gasteiger partial charge >= 0.3 is 0 Å². The van der Waals surface area contributed by atoms with Gasteiger partial charge in [0.1, 0.15) is 11.2 Å². The Morgan fingerprint density at radius 1 is 0.359 bits per heavy atom. The van der Waals surface area contributed by atoms with Crippen LogP contribution in [0.4, 0.5) is 17.1 Å². The van der Waals surface area contributed by atoms with Crippen LogP contribution in [0.25, 0.3) is 86.6 Å². The number of rotatable bonds is 5. The minimum absolute atomic E-state index is 0.438. The summed E-state index contributed by atoms with van der Waals surface area (Å²) in [6.45, 7) is 0. The van der Waals surface area contributed by atoms with E-state index in [-0.39, 0.29) is 0 Å². The van der Waals surface area contributed by atoms with E-state index in [9.17, 15) is 0 Å². The maximum absolute atomic E-state index is 6.55. The van der Waals surface area contributed by atoms with Crippen LogP contribution in [0.15, 0.2) is 229 Å². The molecule has 2 aliphatic carbocycles. The van der Waals surface area contributed by atoms with Crippen LogP contribution in [-0.2, 0) is 5.41 Å². The highest BCUT2D eigenvalue weighted by molar-refractivity contribution is 7.26. The summed E-state index contributed by atoms with van der Waals surface area (Å²) in [5.74, 6) is 0. The second-order valence-corrected chi connectivity index (χ2v) is 18.2. The number of nitrogens with zero attached hydrogens (tertiary/aromatic N) is 1. The van der Waals surface area contributed by atoms with Crippen LogP contribution in [0.5, 0.6) is 0 Å². The molecule has 298 valence electrons. The van der Waals surface area contributed by atoms with E-state index in [1.54, 1.807) is 0 Å². The Hall–Kier alpha value is -7.98. The van der Waals surface area contributed by atoms with Crippen molar-refractivity contribution in [3.63, 3.8) is 0 Å². The molecule has 0 amide bonds. The predicted octanol–water partition coefficient (Wildman–Crippen LogP) is 17.1. The lowest BCUT2D eigenvalue weighted by Crippen LogP contribution is -2.26. The highest BCUT2D eigenvalue weighted by Gasteiger charge is 2.51. The van der Waals surface area contributed by atoms with Crippen molar-refractivity contribution in [3.05, 3.63) is 247 Å². The Labute approximate surface area is 374 Å². The second-order valence-electron chi connectivity index (χ2n) is 17.1. The van der Waals surface area contributed by atoms with Crippen molar-refractivity contribution in [1.29, 1.82) is 0 Å². The zero-order valence-electron chi connectivity index (χ0n) is 34.6. The topological polar surface area (TPSA) is 16.4 Å². The summed E-state index contributed by atoms with van der Waals surface area (Å²) >= 11 is 1.87. The summed E-state index contributed by atoms with van der Waals surface area (Å²) in [4.78, 5) is 2.49. The van der Waals surface area contributed by atoms with E-state index >= 15 is 0 Å². The van der Waals surface area contributed by atoms with Crippen molar-refractivity contribution in [2.45, 2.75) is 5.41 Å². The maximum Gasteiger partial charge on any atom is 0.143 e. The van der Waals surface area contributed by atoms with E-state index in [4.69, 9.17) is 4.42 Å². The first-order valence-electron chi connectivity index (χ1n) is 22.0. The lowest BCUT2D eigenvalue weighted by molar-refractivity contribution is 0.670. The van der Waals surface area contributed by atoms with Crippen LogP contribution in [0.2, 0.25) is 0 Å². The molecule has 0 fully saturated rings. The van der Waals surface area contributed by atoms with Gasteiger partial charge in [0, 0.05) is 43.2 Å². The molecule has 0 radical (unpaired) electrons. The fraction of sp³-hybridized carbons (Fsp3) is 0.0164. The van der Waals surface area contributed by atoms with Crippen LogP contribution < -0.4 is 4.90 Å². The molecule has 12 aromatic rings. The number of para-hydroxylation sites is 1. The van der Waals surface area contributed by atoms with Crippen LogP contribution >= 0.6 is 11.3 Å². The Balaban J connectivity index is 0.956. The molecule has 0 N–H and O–H groups in total. The van der Waals surface area contributed by atoms with Crippen LogP contribution in [0.3, 0.4) is 0 Å². The number of hydrogen-bond acceptors (Lipinski definition) is 3. The summed E-state index contributed by atoms with van der Waals surface area (Å²) in [7, 11) is 0. The highest BCUT2D eigenvalue weighted by atomic mass is 32.1. The van der Waals surface area contributed by atoms with Crippen LogP contribution in [0.1, 0.15) is 22.3 Å². The van der Waals surface area contributed by atoms with Crippen LogP contribution in [0, 0.1) is 0 Å². The molecule has 0 atom stereocenters. The summed E-state index contributed by atoms with van der Waals surface area (Å²) in [5.41, 5.74) is 19.9. The zero-order chi connectivity index (χ0) is 41.9. The van der Waals surface area contributed by atoms with Gasteiger partial charge in [-0.2, -0.15) is 0 Å². The lowest BCUT2D eigenvalue weighted by Gasteiger charge is -2.32. The molecule has 0 bridgehead atoms. The molecule has 0 saturated heterocycles. The monoisotopic (exact) mass is 831 g/mol. The number of anilines is 3. The molecule has 0 saturated carbocycles. The van der Waals surface area contributed by atoms with E-state index in [0.717, 1.165) is 55.6 Å². The summed E-state index contributed by atoms with van der Waals surface area (Å²) in [6, 6.07) is 82.7. The number of furan rings is 1. The third-order valence-corrected chi connectivity index (χ3v) is 15.1. The van der Waals surface area contributed by atoms with E-state index < -0.39 is 5.41 Å². The van der Waals surface area contributed by atoms with Gasteiger partial charge in [-0.05, 0) is 110 Å². The van der Waals surface area contributed by atoms with Gasteiger partial charge in [0.25, 0.3) is 0 Å². The van der Waals surface area contributed by atoms with Gasteiger partial charge in [0.05, 0.1) is 15.8 Å². The molecule has 10 aromatic carbocycles. The average molecular weight is 832 g/mol. The van der Waals surface area contributed by atoms with Gasteiger partial charge in [-0.3, -0.25) is 0 Å². The first-order valence-corrected chi connectivity index (χ1v) is 22.8. The standard InChI is InChI=1S/C61H37NOS/c1-2-14-39(15-3-1)43-20-12-21-49-51-36-40(30-35-57(51)63-59(43)49)38-28-31-41(32-29-38)62(56-26-13-22-50-48-19-7-11-27-58(48)64-60(50)56)42-33-34-47-46-18-6-10-25-54(46)61(55(47)37-42)52-23-8-4-16-44(52)45-17-5-9-24-53(45)61/h1-37H. The Bertz CT molecular complexity index is 3790. The molecule has 2 nitrogen and oxygen atoms in total. The zero-order valence-corrected chi connectivity index (χ0v) is 35.4.